The number of para-hydroxylation sites is 2. The Balaban J connectivity index is 3.01. The zero-order chi connectivity index (χ0) is 6.97. The summed E-state index contributed by atoms with van der Waals surface area (Å²) in [5, 5.41) is 0. The molecule has 0 aliphatic heterocycles. The van der Waals surface area contributed by atoms with Crippen LogP contribution in [0.4, 0.5) is 0 Å². The topological polar surface area (TPSA) is 47.7 Å². The lowest BCUT2D eigenvalue weighted by atomic mass is 10.3. The Morgan fingerprint density at radius 3 is 2.00 bits per heavy atom. The summed E-state index contributed by atoms with van der Waals surface area (Å²) in [6.45, 7) is 0. The lowest BCUT2D eigenvalue weighted by molar-refractivity contribution is 0.265. The van der Waals surface area contributed by atoms with Gasteiger partial charge >= 0.3 is 5.82 Å². The predicted molar refractivity (Wildman–Crippen MR) is 33.6 cm³/mol. The Morgan fingerprint density at radius 1 is 1.00 bits per heavy atom. The van der Waals surface area contributed by atoms with E-state index in [0.29, 0.717) is 11.2 Å². The quantitative estimate of drug-likeness (QED) is 0.509. The van der Waals surface area contributed by atoms with Crippen LogP contribution in [-0.2, 0) is 0 Å². The van der Waals surface area contributed by atoms with E-state index < -0.39 is 5.82 Å². The average Bonchev–Trinajstić information content (AvgIpc) is 2.27. The van der Waals surface area contributed by atoms with Crippen LogP contribution in [0.15, 0.2) is 33.1 Å². The standard InChI is InChI=1S/C7H4O3/c8-7-9-5-3-1-2-4-6(5)10-7/h1-4H/p+1. The van der Waals surface area contributed by atoms with E-state index in [4.69, 9.17) is 13.6 Å². The normalized spacial score (nSPS) is 10.4. The van der Waals surface area contributed by atoms with Gasteiger partial charge < -0.3 is 4.79 Å². The highest BCUT2D eigenvalue weighted by atomic mass is 16.6. The highest BCUT2D eigenvalue weighted by molar-refractivity contribution is 5.68. The van der Waals surface area contributed by atoms with Crippen molar-refractivity contribution in [3.63, 3.8) is 0 Å². The van der Waals surface area contributed by atoms with Crippen LogP contribution in [0, 0.1) is 0 Å². The van der Waals surface area contributed by atoms with E-state index in [1.807, 2.05) is 0 Å². The molecule has 0 spiro atoms. The molecule has 0 fully saturated rings. The maximum atomic E-state index is 8.72. The van der Waals surface area contributed by atoms with Gasteiger partial charge in [0.05, 0.1) is 0 Å². The van der Waals surface area contributed by atoms with Crippen LogP contribution < -0.4 is 5.82 Å². The SMILES string of the molecule is [OH+]=c1oc2ccccc2o1. The Morgan fingerprint density at radius 2 is 1.50 bits per heavy atom. The van der Waals surface area contributed by atoms with Crippen molar-refractivity contribution in [2.24, 2.45) is 0 Å². The Labute approximate surface area is 55.9 Å². The minimum Gasteiger partial charge on any atom is -0.336 e. The van der Waals surface area contributed by atoms with Crippen LogP contribution in [0.1, 0.15) is 0 Å². The second-order valence-electron chi connectivity index (χ2n) is 1.92. The van der Waals surface area contributed by atoms with Gasteiger partial charge in [-0.3, -0.25) is 8.83 Å². The van der Waals surface area contributed by atoms with Gasteiger partial charge in [-0.05, 0) is 0 Å². The molecule has 1 heterocycles. The first-order chi connectivity index (χ1) is 4.86. The van der Waals surface area contributed by atoms with Crippen molar-refractivity contribution in [3.05, 3.63) is 30.1 Å². The largest absolute Gasteiger partial charge is 0.725 e. The molecule has 1 aromatic heterocycles. The third-order valence-electron chi connectivity index (χ3n) is 1.24. The highest BCUT2D eigenvalue weighted by Gasteiger charge is 2.08. The number of benzene rings is 1. The molecule has 0 aliphatic carbocycles. The maximum Gasteiger partial charge on any atom is 0.725 e. The van der Waals surface area contributed by atoms with Crippen molar-refractivity contribution >= 4 is 11.2 Å². The number of hydrogen-bond donors (Lipinski definition) is 0. The van der Waals surface area contributed by atoms with E-state index >= 15 is 0 Å². The van der Waals surface area contributed by atoms with Gasteiger partial charge in [-0.1, -0.05) is 12.1 Å². The van der Waals surface area contributed by atoms with Gasteiger partial charge in [0.1, 0.15) is 0 Å². The molecular formula is C7H5O3+. The lowest BCUT2D eigenvalue weighted by Crippen LogP contribution is -1.88. The molecule has 3 heteroatoms. The van der Waals surface area contributed by atoms with E-state index in [0.717, 1.165) is 0 Å². The molecule has 0 atom stereocenters. The fourth-order valence-corrected chi connectivity index (χ4v) is 0.828. The van der Waals surface area contributed by atoms with E-state index in [1.165, 1.54) is 0 Å². The fourth-order valence-electron chi connectivity index (χ4n) is 0.828. The van der Waals surface area contributed by atoms with E-state index in [1.54, 1.807) is 24.3 Å². The summed E-state index contributed by atoms with van der Waals surface area (Å²) in [6.07, 6.45) is 0. The molecule has 1 N–H and O–H groups in total. The molecule has 0 radical (unpaired) electrons. The molecule has 0 bridgehead atoms. The summed E-state index contributed by atoms with van der Waals surface area (Å²) < 4.78 is 9.51. The summed E-state index contributed by atoms with van der Waals surface area (Å²) >= 11 is 0. The van der Waals surface area contributed by atoms with Crippen LogP contribution in [0.3, 0.4) is 0 Å². The molecular weight excluding hydrogens is 132 g/mol. The minimum absolute atomic E-state index is 0.402. The first-order valence-electron chi connectivity index (χ1n) is 2.87. The van der Waals surface area contributed by atoms with Gasteiger partial charge in [0.2, 0.25) is 0 Å². The van der Waals surface area contributed by atoms with Crippen LogP contribution in [0.25, 0.3) is 11.2 Å². The van der Waals surface area contributed by atoms with Crippen molar-refractivity contribution in [1.29, 1.82) is 0 Å². The van der Waals surface area contributed by atoms with Crippen molar-refractivity contribution < 1.29 is 13.6 Å². The zero-order valence-electron chi connectivity index (χ0n) is 5.07. The molecule has 0 aliphatic rings. The summed E-state index contributed by atoms with van der Waals surface area (Å²) in [5.41, 5.74) is 1.11. The molecule has 0 saturated carbocycles. The Bertz CT molecular complexity index is 360. The second-order valence-corrected chi connectivity index (χ2v) is 1.92. The number of fused-ring (bicyclic) bond motifs is 1. The van der Waals surface area contributed by atoms with Crippen LogP contribution in [0.5, 0.6) is 0 Å². The summed E-state index contributed by atoms with van der Waals surface area (Å²) in [7, 11) is 0. The molecule has 50 valence electrons. The van der Waals surface area contributed by atoms with Gasteiger partial charge in [0.15, 0.2) is 0 Å². The molecule has 3 nitrogen and oxygen atoms in total. The molecule has 0 amide bonds. The van der Waals surface area contributed by atoms with Gasteiger partial charge in [-0.25, -0.2) is 0 Å². The lowest BCUT2D eigenvalue weighted by Gasteiger charge is -1.71. The Hall–Kier alpha value is -1.51. The van der Waals surface area contributed by atoms with Crippen molar-refractivity contribution in [2.75, 3.05) is 0 Å². The van der Waals surface area contributed by atoms with Crippen molar-refractivity contribution in [3.8, 4) is 0 Å². The molecule has 2 rings (SSSR count). The van der Waals surface area contributed by atoms with Crippen molar-refractivity contribution in [2.45, 2.75) is 0 Å². The highest BCUT2D eigenvalue weighted by Crippen LogP contribution is 2.09. The van der Waals surface area contributed by atoms with Crippen molar-refractivity contribution in [1.82, 2.24) is 0 Å². The smallest absolute Gasteiger partial charge is 0.336 e. The van der Waals surface area contributed by atoms with Crippen LogP contribution in [0.2, 0.25) is 0 Å². The van der Waals surface area contributed by atoms with Gasteiger partial charge in [-0.15, -0.1) is 0 Å². The van der Waals surface area contributed by atoms with E-state index in [2.05, 4.69) is 0 Å². The summed E-state index contributed by atoms with van der Waals surface area (Å²) in [4.78, 5) is 8.72. The summed E-state index contributed by atoms with van der Waals surface area (Å²) in [6, 6.07) is 7.05. The first kappa shape index (κ1) is 5.29. The molecule has 0 saturated heterocycles. The fraction of sp³-hybridized carbons (Fsp3) is 0. The average molecular weight is 137 g/mol. The van der Waals surface area contributed by atoms with Gasteiger partial charge in [-0.2, -0.15) is 0 Å². The third kappa shape index (κ3) is 0.639. The molecule has 10 heavy (non-hydrogen) atoms. The predicted octanol–water partition coefficient (Wildman–Crippen LogP) is 1.03. The van der Waals surface area contributed by atoms with Gasteiger partial charge in [0.25, 0.3) is 11.2 Å². The third-order valence-corrected chi connectivity index (χ3v) is 1.24. The van der Waals surface area contributed by atoms with E-state index in [-0.39, 0.29) is 0 Å². The maximum absolute atomic E-state index is 8.72. The van der Waals surface area contributed by atoms with Crippen LogP contribution in [-0.4, -0.2) is 4.79 Å². The number of hydrogen-bond acceptors (Lipinski definition) is 2. The minimum atomic E-state index is -0.402. The Kier molecular flexibility index (Phi) is 0.917. The molecule has 0 unspecified atom stereocenters. The zero-order valence-corrected chi connectivity index (χ0v) is 5.07. The number of rotatable bonds is 0. The monoisotopic (exact) mass is 137 g/mol. The second kappa shape index (κ2) is 1.73. The molecule has 2 aromatic rings. The van der Waals surface area contributed by atoms with E-state index in [9.17, 15) is 0 Å². The van der Waals surface area contributed by atoms with Crippen LogP contribution >= 0.6 is 0 Å². The first-order valence-corrected chi connectivity index (χ1v) is 2.87. The summed E-state index contributed by atoms with van der Waals surface area (Å²) in [5.74, 6) is -0.402. The molecule has 1 aromatic carbocycles. The van der Waals surface area contributed by atoms with Gasteiger partial charge in [0, 0.05) is 12.1 Å².